The van der Waals surface area contributed by atoms with Crippen LogP contribution in [0, 0.1) is 5.41 Å². The van der Waals surface area contributed by atoms with Gasteiger partial charge in [-0.1, -0.05) is 13.3 Å². The highest BCUT2D eigenvalue weighted by Gasteiger charge is 2.35. The summed E-state index contributed by atoms with van der Waals surface area (Å²) in [5, 5.41) is 3.52. The molecule has 1 fully saturated rings. The van der Waals surface area contributed by atoms with E-state index in [2.05, 4.69) is 36.5 Å². The summed E-state index contributed by atoms with van der Waals surface area (Å²) in [5.41, 5.74) is 7.44. The highest BCUT2D eigenvalue weighted by atomic mass is 32.2. The zero-order chi connectivity index (χ0) is 12.1. The van der Waals surface area contributed by atoms with E-state index in [0.717, 1.165) is 18.8 Å². The standard InChI is InChI=1S/C14H22N2S/c1-2-17-13-6-4-12(5-7-13)16-11-14(10-15)8-3-9-14/h4-7,16H,2-3,8-11,15H2,1H3. The third-order valence-electron chi connectivity index (χ3n) is 3.68. The number of hydrogen-bond donors (Lipinski definition) is 2. The Kier molecular flexibility index (Phi) is 4.35. The molecule has 0 aliphatic heterocycles. The topological polar surface area (TPSA) is 38.0 Å². The molecular weight excluding hydrogens is 228 g/mol. The van der Waals surface area contributed by atoms with Gasteiger partial charge in [-0.15, -0.1) is 11.8 Å². The maximum atomic E-state index is 5.85. The minimum absolute atomic E-state index is 0.372. The third kappa shape index (κ3) is 3.17. The van der Waals surface area contributed by atoms with E-state index in [1.165, 1.54) is 29.8 Å². The van der Waals surface area contributed by atoms with Crippen molar-refractivity contribution < 1.29 is 0 Å². The Morgan fingerprint density at radius 2 is 2.00 bits per heavy atom. The Balaban J connectivity index is 1.86. The van der Waals surface area contributed by atoms with Crippen molar-refractivity contribution in [3.05, 3.63) is 24.3 Å². The number of nitrogens with one attached hydrogen (secondary N) is 1. The van der Waals surface area contributed by atoms with Crippen LogP contribution >= 0.6 is 11.8 Å². The average molecular weight is 250 g/mol. The van der Waals surface area contributed by atoms with Crippen molar-refractivity contribution >= 4 is 17.4 Å². The van der Waals surface area contributed by atoms with Crippen LogP contribution in [-0.2, 0) is 0 Å². The van der Waals surface area contributed by atoms with Crippen LogP contribution in [0.3, 0.4) is 0 Å². The van der Waals surface area contributed by atoms with Crippen LogP contribution in [0.4, 0.5) is 5.69 Å². The van der Waals surface area contributed by atoms with Crippen molar-refractivity contribution in [2.45, 2.75) is 31.1 Å². The molecular formula is C14H22N2S. The van der Waals surface area contributed by atoms with Crippen molar-refractivity contribution in [3.8, 4) is 0 Å². The van der Waals surface area contributed by atoms with Crippen LogP contribution in [-0.4, -0.2) is 18.8 Å². The number of rotatable bonds is 6. The predicted molar refractivity (Wildman–Crippen MR) is 76.7 cm³/mol. The molecule has 0 amide bonds. The largest absolute Gasteiger partial charge is 0.384 e. The van der Waals surface area contributed by atoms with Gasteiger partial charge in [-0.3, -0.25) is 0 Å². The second kappa shape index (κ2) is 5.78. The number of thioether (sulfide) groups is 1. The Morgan fingerprint density at radius 3 is 2.47 bits per heavy atom. The number of anilines is 1. The van der Waals surface area contributed by atoms with Gasteiger partial charge >= 0.3 is 0 Å². The van der Waals surface area contributed by atoms with Crippen LogP contribution in [0.25, 0.3) is 0 Å². The lowest BCUT2D eigenvalue weighted by Gasteiger charge is -2.41. The van der Waals surface area contributed by atoms with Crippen LogP contribution < -0.4 is 11.1 Å². The zero-order valence-corrected chi connectivity index (χ0v) is 11.4. The minimum atomic E-state index is 0.372. The van der Waals surface area contributed by atoms with Gasteiger partial charge in [0.2, 0.25) is 0 Å². The lowest BCUT2D eigenvalue weighted by atomic mass is 9.69. The molecule has 0 radical (unpaired) electrons. The van der Waals surface area contributed by atoms with E-state index in [9.17, 15) is 0 Å². The second-order valence-electron chi connectivity index (χ2n) is 4.87. The fraction of sp³-hybridized carbons (Fsp3) is 0.571. The van der Waals surface area contributed by atoms with Gasteiger partial charge in [0.15, 0.2) is 0 Å². The maximum Gasteiger partial charge on any atom is 0.0341 e. The molecule has 0 unspecified atom stereocenters. The summed E-state index contributed by atoms with van der Waals surface area (Å²) in [4.78, 5) is 1.34. The Bertz CT molecular complexity index is 338. The normalized spacial score (nSPS) is 17.5. The van der Waals surface area contributed by atoms with Gasteiger partial charge in [0.25, 0.3) is 0 Å². The number of benzene rings is 1. The van der Waals surface area contributed by atoms with Gasteiger partial charge in [-0.05, 0) is 54.8 Å². The van der Waals surface area contributed by atoms with Gasteiger partial charge < -0.3 is 11.1 Å². The molecule has 1 aliphatic rings. The van der Waals surface area contributed by atoms with Crippen molar-refractivity contribution in [2.24, 2.45) is 11.1 Å². The molecule has 0 spiro atoms. The first kappa shape index (κ1) is 12.8. The van der Waals surface area contributed by atoms with Crippen LogP contribution in [0.2, 0.25) is 0 Å². The van der Waals surface area contributed by atoms with E-state index in [4.69, 9.17) is 5.73 Å². The molecule has 1 saturated carbocycles. The lowest BCUT2D eigenvalue weighted by molar-refractivity contribution is 0.163. The highest BCUT2D eigenvalue weighted by molar-refractivity contribution is 7.99. The molecule has 3 N–H and O–H groups in total. The summed E-state index contributed by atoms with van der Waals surface area (Å²) < 4.78 is 0. The third-order valence-corrected chi connectivity index (χ3v) is 4.57. The quantitative estimate of drug-likeness (QED) is 0.761. The fourth-order valence-electron chi connectivity index (χ4n) is 2.26. The maximum absolute atomic E-state index is 5.85. The van der Waals surface area contributed by atoms with Crippen molar-refractivity contribution in [3.63, 3.8) is 0 Å². The first-order valence-electron chi connectivity index (χ1n) is 6.45. The molecule has 0 atom stereocenters. The Morgan fingerprint density at radius 1 is 1.29 bits per heavy atom. The van der Waals surface area contributed by atoms with Gasteiger partial charge in [0.1, 0.15) is 0 Å². The summed E-state index contributed by atoms with van der Waals surface area (Å²) >= 11 is 1.88. The van der Waals surface area contributed by atoms with E-state index < -0.39 is 0 Å². The second-order valence-corrected chi connectivity index (χ2v) is 6.21. The lowest BCUT2D eigenvalue weighted by Crippen LogP contribution is -2.42. The molecule has 0 aromatic heterocycles. The summed E-state index contributed by atoms with van der Waals surface area (Å²) in [6, 6.07) is 8.71. The molecule has 1 aromatic carbocycles. The van der Waals surface area contributed by atoms with Gasteiger partial charge in [0.05, 0.1) is 0 Å². The van der Waals surface area contributed by atoms with E-state index in [-0.39, 0.29) is 0 Å². The predicted octanol–water partition coefficient (Wildman–Crippen LogP) is 3.34. The molecule has 0 saturated heterocycles. The summed E-state index contributed by atoms with van der Waals surface area (Å²) in [5.74, 6) is 1.13. The summed E-state index contributed by atoms with van der Waals surface area (Å²) in [6.07, 6.45) is 3.89. The molecule has 17 heavy (non-hydrogen) atoms. The molecule has 3 heteroatoms. The molecule has 1 aliphatic carbocycles. The van der Waals surface area contributed by atoms with Crippen molar-refractivity contribution in [2.75, 3.05) is 24.2 Å². The molecule has 0 bridgehead atoms. The van der Waals surface area contributed by atoms with Gasteiger partial charge in [0, 0.05) is 17.1 Å². The van der Waals surface area contributed by atoms with E-state index in [1.807, 2.05) is 11.8 Å². The fourth-order valence-corrected chi connectivity index (χ4v) is 2.92. The molecule has 0 heterocycles. The van der Waals surface area contributed by atoms with Crippen LogP contribution in [0.15, 0.2) is 29.2 Å². The molecule has 1 aromatic rings. The first-order chi connectivity index (χ1) is 8.28. The number of nitrogens with two attached hydrogens (primary N) is 1. The molecule has 2 nitrogen and oxygen atoms in total. The summed E-state index contributed by atoms with van der Waals surface area (Å²) in [7, 11) is 0. The highest BCUT2D eigenvalue weighted by Crippen LogP contribution is 2.39. The zero-order valence-electron chi connectivity index (χ0n) is 10.5. The summed E-state index contributed by atoms with van der Waals surface area (Å²) in [6.45, 7) is 4.01. The minimum Gasteiger partial charge on any atom is -0.384 e. The molecule has 2 rings (SSSR count). The Hall–Kier alpha value is -0.670. The SMILES string of the molecule is CCSc1ccc(NCC2(CN)CCC2)cc1. The van der Waals surface area contributed by atoms with E-state index in [0.29, 0.717) is 5.41 Å². The van der Waals surface area contributed by atoms with Crippen LogP contribution in [0.5, 0.6) is 0 Å². The average Bonchev–Trinajstić information content (AvgIpc) is 2.31. The smallest absolute Gasteiger partial charge is 0.0341 e. The van der Waals surface area contributed by atoms with Crippen molar-refractivity contribution in [1.82, 2.24) is 0 Å². The van der Waals surface area contributed by atoms with E-state index in [1.54, 1.807) is 0 Å². The van der Waals surface area contributed by atoms with Gasteiger partial charge in [-0.25, -0.2) is 0 Å². The van der Waals surface area contributed by atoms with Crippen LogP contribution in [0.1, 0.15) is 26.2 Å². The van der Waals surface area contributed by atoms with Crippen molar-refractivity contribution in [1.29, 1.82) is 0 Å². The van der Waals surface area contributed by atoms with E-state index >= 15 is 0 Å². The molecule has 94 valence electrons. The van der Waals surface area contributed by atoms with Gasteiger partial charge in [-0.2, -0.15) is 0 Å². The first-order valence-corrected chi connectivity index (χ1v) is 7.43. The monoisotopic (exact) mass is 250 g/mol. The number of hydrogen-bond acceptors (Lipinski definition) is 3. The Labute approximate surface area is 108 Å².